The molecule has 0 aromatic carbocycles. The summed E-state index contributed by atoms with van der Waals surface area (Å²) in [5.74, 6) is -0.340. The molecule has 336 valence electrons. The van der Waals surface area contributed by atoms with E-state index >= 15 is 0 Å². The summed E-state index contributed by atoms with van der Waals surface area (Å²) in [5.41, 5.74) is 9.36. The van der Waals surface area contributed by atoms with Crippen LogP contribution in [0.5, 0.6) is 0 Å². The molecule has 3 fully saturated rings. The average Bonchev–Trinajstić information content (AvgIpc) is 4.03. The molecule has 8 rings (SSSR count). The first kappa shape index (κ1) is 43.8. The van der Waals surface area contributed by atoms with Crippen molar-refractivity contribution in [3.05, 3.63) is 61.9 Å². The molecule has 13 atom stereocenters. The first-order valence-electron chi connectivity index (χ1n) is 18.2. The number of hydrogen-bond donors (Lipinski definition) is 10. The largest absolute Gasteiger partial charge is 0.472 e. The van der Waals surface area contributed by atoms with E-state index in [1.165, 1.54) is 17.7 Å². The van der Waals surface area contributed by atoms with Crippen LogP contribution in [0.25, 0.3) is 22.3 Å². The van der Waals surface area contributed by atoms with Crippen LogP contribution in [0.4, 0.5) is 11.8 Å². The number of nitrogens with one attached hydrogen (secondary N) is 2. The fraction of sp³-hybridized carbons (Fsp3) is 0.533. The van der Waals surface area contributed by atoms with Gasteiger partial charge in [-0.15, -0.1) is 0 Å². The van der Waals surface area contributed by atoms with E-state index in [1.807, 2.05) is 0 Å². The van der Waals surface area contributed by atoms with Crippen LogP contribution in [0.3, 0.4) is 0 Å². The molecule has 12 N–H and O–H groups in total. The van der Waals surface area contributed by atoms with E-state index in [4.69, 9.17) is 43.8 Å². The second kappa shape index (κ2) is 16.7. The molecule has 5 aromatic heterocycles. The van der Waals surface area contributed by atoms with Gasteiger partial charge in [-0.2, -0.15) is 4.98 Å². The Morgan fingerprint density at radius 3 is 2.05 bits per heavy atom. The summed E-state index contributed by atoms with van der Waals surface area (Å²) >= 11 is 0. The summed E-state index contributed by atoms with van der Waals surface area (Å²) in [6, 6.07) is 0. The molecule has 3 aliphatic heterocycles. The van der Waals surface area contributed by atoms with Crippen molar-refractivity contribution in [2.45, 2.75) is 80.9 Å². The van der Waals surface area contributed by atoms with E-state index in [2.05, 4.69) is 34.9 Å². The number of nitrogens with two attached hydrogens (primary N) is 2. The van der Waals surface area contributed by atoms with Crippen molar-refractivity contribution in [2.75, 3.05) is 31.3 Å². The Labute approximate surface area is 343 Å². The highest BCUT2D eigenvalue weighted by atomic mass is 31.2. The molecule has 0 spiro atoms. The Kier molecular flexibility index (Phi) is 11.8. The van der Waals surface area contributed by atoms with Crippen molar-refractivity contribution < 1.29 is 71.6 Å². The molecule has 2 unspecified atom stereocenters. The van der Waals surface area contributed by atoms with Crippen LogP contribution in [0.15, 0.2) is 39.6 Å². The van der Waals surface area contributed by atoms with E-state index in [0.29, 0.717) is 0 Å². The van der Waals surface area contributed by atoms with Gasteiger partial charge in [-0.25, -0.2) is 33.9 Å². The number of H-pyrrole nitrogens is 2. The van der Waals surface area contributed by atoms with Crippen molar-refractivity contribution in [3.63, 3.8) is 0 Å². The topological polar surface area (TPSA) is 434 Å². The summed E-state index contributed by atoms with van der Waals surface area (Å²) in [6.45, 7) is -1.24. The maximum atomic E-state index is 13.4. The van der Waals surface area contributed by atoms with Crippen LogP contribution < -0.4 is 28.3 Å². The Morgan fingerprint density at radius 1 is 0.790 bits per heavy atom. The second-order valence-corrected chi connectivity index (χ2v) is 17.0. The van der Waals surface area contributed by atoms with Crippen molar-refractivity contribution >= 4 is 49.7 Å². The summed E-state index contributed by atoms with van der Waals surface area (Å²) in [7, 11) is -10.6. The van der Waals surface area contributed by atoms with Gasteiger partial charge in [0.25, 0.3) is 11.1 Å². The lowest BCUT2D eigenvalue weighted by Gasteiger charge is -2.25. The van der Waals surface area contributed by atoms with E-state index < -0.39 is 120 Å². The van der Waals surface area contributed by atoms with Gasteiger partial charge in [-0.1, -0.05) is 0 Å². The smallest absolute Gasteiger partial charge is 0.394 e. The van der Waals surface area contributed by atoms with Crippen molar-refractivity contribution in [1.82, 2.24) is 48.6 Å². The Bertz CT molecular complexity index is 2760. The van der Waals surface area contributed by atoms with Crippen LogP contribution in [-0.4, -0.2) is 147 Å². The van der Waals surface area contributed by atoms with Crippen molar-refractivity contribution in [3.8, 4) is 0 Å². The number of imidazole rings is 2. The number of hydrogen-bond acceptors (Lipinski definition) is 23. The lowest BCUT2D eigenvalue weighted by atomic mass is 10.1. The molecular formula is C30H38N12O18P2. The molecule has 0 aliphatic carbocycles. The number of nitrogen functional groups attached to an aromatic ring is 2. The zero-order valence-electron chi connectivity index (χ0n) is 31.7. The number of aromatic amines is 2. The molecule has 3 saturated heterocycles. The van der Waals surface area contributed by atoms with Gasteiger partial charge in [0.2, 0.25) is 5.95 Å². The van der Waals surface area contributed by atoms with E-state index in [9.17, 15) is 53.7 Å². The summed E-state index contributed by atoms with van der Waals surface area (Å²) in [6.07, 6.45) is -13.0. The summed E-state index contributed by atoms with van der Waals surface area (Å²) < 4.78 is 68.4. The number of aryl methyl sites for hydroxylation is 1. The van der Waals surface area contributed by atoms with Crippen LogP contribution >= 0.6 is 15.6 Å². The molecule has 0 bridgehead atoms. The number of aliphatic hydroxyl groups is 4. The maximum absolute atomic E-state index is 13.4. The molecule has 5 aromatic rings. The molecule has 0 saturated carbocycles. The average molecular weight is 917 g/mol. The van der Waals surface area contributed by atoms with Crippen LogP contribution in [0.2, 0.25) is 0 Å². The molecule has 3 aliphatic rings. The third-order valence-electron chi connectivity index (χ3n) is 10.2. The number of nitrogens with zero attached hydrogens (tertiary/aromatic N) is 8. The summed E-state index contributed by atoms with van der Waals surface area (Å²) in [4.78, 5) is 82.6. The number of phosphoric ester groups is 2. The molecule has 8 heterocycles. The minimum Gasteiger partial charge on any atom is -0.394 e. The Balaban J connectivity index is 0.982. The molecule has 0 amide bonds. The van der Waals surface area contributed by atoms with Gasteiger partial charge in [-0.3, -0.25) is 51.4 Å². The number of ether oxygens (including phenoxy) is 3. The van der Waals surface area contributed by atoms with Gasteiger partial charge in [0.05, 0.1) is 38.6 Å². The first-order valence-corrected chi connectivity index (χ1v) is 21.2. The zero-order valence-corrected chi connectivity index (χ0v) is 33.5. The normalized spacial score (nSPS) is 30.9. The first-order chi connectivity index (χ1) is 29.3. The predicted octanol–water partition coefficient (Wildman–Crippen LogP) is -3.86. The predicted molar refractivity (Wildman–Crippen MR) is 201 cm³/mol. The van der Waals surface area contributed by atoms with Gasteiger partial charge in [0.15, 0.2) is 35.1 Å². The highest BCUT2D eigenvalue weighted by Crippen LogP contribution is 2.52. The number of phosphoric acid groups is 2. The fourth-order valence-corrected chi connectivity index (χ4v) is 9.09. The zero-order chi connectivity index (χ0) is 44.4. The lowest BCUT2D eigenvalue weighted by molar-refractivity contribution is -0.0612. The van der Waals surface area contributed by atoms with E-state index in [1.54, 1.807) is 0 Å². The lowest BCUT2D eigenvalue weighted by Crippen LogP contribution is -2.37. The minimum atomic E-state index is -5.34. The van der Waals surface area contributed by atoms with Crippen molar-refractivity contribution in [1.29, 1.82) is 0 Å². The number of aliphatic hydroxyl groups excluding tert-OH is 4. The summed E-state index contributed by atoms with van der Waals surface area (Å²) in [5, 5.41) is 43.4. The van der Waals surface area contributed by atoms with E-state index in [-0.39, 0.29) is 46.1 Å². The van der Waals surface area contributed by atoms with E-state index in [0.717, 1.165) is 28.1 Å². The van der Waals surface area contributed by atoms with Crippen LogP contribution in [0, 0.1) is 6.92 Å². The Hall–Kier alpha value is -4.88. The van der Waals surface area contributed by atoms with Gasteiger partial charge in [0.1, 0.15) is 60.8 Å². The number of fused-ring (bicyclic) bond motifs is 2. The van der Waals surface area contributed by atoms with Gasteiger partial charge >= 0.3 is 21.3 Å². The van der Waals surface area contributed by atoms with Gasteiger partial charge < -0.3 is 55.9 Å². The fourth-order valence-electron chi connectivity index (χ4n) is 7.17. The minimum absolute atomic E-state index is 0.0353. The highest BCUT2D eigenvalue weighted by molar-refractivity contribution is 7.47. The Morgan fingerprint density at radius 2 is 1.39 bits per heavy atom. The number of rotatable bonds is 14. The molecule has 62 heavy (non-hydrogen) atoms. The van der Waals surface area contributed by atoms with Crippen LogP contribution in [0.1, 0.15) is 30.7 Å². The van der Waals surface area contributed by atoms with Gasteiger partial charge in [-0.05, 0) is 6.92 Å². The van der Waals surface area contributed by atoms with Gasteiger partial charge in [0, 0.05) is 18.2 Å². The van der Waals surface area contributed by atoms with Crippen molar-refractivity contribution in [2.24, 2.45) is 0 Å². The maximum Gasteiger partial charge on any atom is 0.472 e. The SMILES string of the molecule is Cc1cn([C@H]2C[C@H](O)[C@@H](COP(=O)(O)O[C@H]3[C@@H](O)[C@H](n4cnc5c(N)ncnc54)O[C@@H]3COP(=O)(O)O[C@H]3[C@@H](O)[C@H](n4cnc5c(=O)[nH]c(N)nc54)O[C@@H]3CO)O2)c(=O)[nH]c1=O. The molecule has 0 radical (unpaired) electrons. The number of anilines is 2. The second-order valence-electron chi connectivity index (χ2n) is 14.2. The van der Waals surface area contributed by atoms with Crippen LogP contribution in [-0.2, 0) is 41.4 Å². The molecule has 32 heteroatoms. The molecular weight excluding hydrogens is 878 g/mol. The quantitative estimate of drug-likeness (QED) is 0.0477. The monoisotopic (exact) mass is 916 g/mol. The molecule has 30 nitrogen and oxygen atoms in total. The third kappa shape index (κ3) is 8.34. The third-order valence-corrected chi connectivity index (χ3v) is 12.1. The number of aromatic nitrogens is 10. The highest BCUT2D eigenvalue weighted by Gasteiger charge is 2.52. The standard InChI is InChI=1S/C30H38N12O18P2/c1-10-3-40(30(49)39-25(10)47)15-2-11(44)13(56-15)5-54-61(50,51)60-21-14(58-27(19(21)46)41-8-35-16-22(31)33-7-34-23(16)41)6-55-62(52,53)59-20-12(4-43)57-28(18(20)45)42-9-36-17-24(42)37-29(32)38-26(17)48/h3,7-9,11-15,18-21,27-28,43-46H,2,4-6H2,1H3,(H,50,51)(H,52,53)(H2,31,33,34)(H,39,47,49)(H3,32,37,38,48)/t11-,12+,13+,14+,15+,18+,19+,20+,21+,27+,28+/m0/s1.